The van der Waals surface area contributed by atoms with Crippen LogP contribution in [0.4, 0.5) is 0 Å². The minimum Gasteiger partial charge on any atom is -0.510 e. The third-order valence-corrected chi connectivity index (χ3v) is 12.0. The van der Waals surface area contributed by atoms with Gasteiger partial charge in [-0.25, -0.2) is 0 Å². The number of carbonyl (C=O) groups excluding carboxylic acids is 2. The lowest BCUT2D eigenvalue weighted by Crippen LogP contribution is -2.38. The second-order valence-electron chi connectivity index (χ2n) is 15.8. The lowest BCUT2D eigenvalue weighted by atomic mass is 9.80. The molecule has 8 bridgehead atoms. The van der Waals surface area contributed by atoms with Crippen molar-refractivity contribution in [3.8, 4) is 0 Å². The minimum atomic E-state index is -0.989. The first kappa shape index (κ1) is 38.8. The lowest BCUT2D eigenvalue weighted by molar-refractivity contribution is -0.143. The number of hydrogen-bond acceptors (Lipinski definition) is 6. The third kappa shape index (κ3) is 7.17. The van der Waals surface area contributed by atoms with Crippen molar-refractivity contribution in [2.24, 2.45) is 23.7 Å². The van der Waals surface area contributed by atoms with Crippen LogP contribution in [0, 0.1) is 44.4 Å². The third-order valence-electron chi connectivity index (χ3n) is 12.0. The highest BCUT2D eigenvalue weighted by atomic mass is 16.5. The molecule has 288 valence electrons. The molecule has 0 radical (unpaired) electrons. The van der Waals surface area contributed by atoms with E-state index in [1.54, 1.807) is 0 Å². The number of aliphatic hydroxyl groups is 1. The number of fused-ring (bicyclic) bond motifs is 8. The van der Waals surface area contributed by atoms with Gasteiger partial charge in [0.25, 0.3) is 0 Å². The van der Waals surface area contributed by atoms with Gasteiger partial charge in [-0.05, 0) is 117 Å². The molecule has 5 heterocycles. The maximum Gasteiger partial charge on any atom is 0.320 e. The smallest absolute Gasteiger partial charge is 0.320 e. The number of rotatable bonds is 12. The molecule has 6 rings (SSSR count). The van der Waals surface area contributed by atoms with E-state index in [1.807, 2.05) is 19.1 Å². The molecule has 0 spiro atoms. The predicted octanol–water partition coefficient (Wildman–Crippen LogP) is 5.75. The van der Waals surface area contributed by atoms with E-state index in [2.05, 4.69) is 93.5 Å². The number of ether oxygens (including phenoxy) is 2. The van der Waals surface area contributed by atoms with Gasteiger partial charge in [-0.15, -0.1) is 0 Å². The van der Waals surface area contributed by atoms with Crippen molar-refractivity contribution in [2.75, 3.05) is 13.7 Å². The van der Waals surface area contributed by atoms with Crippen molar-refractivity contribution in [3.63, 3.8) is 0 Å². The Hall–Kier alpha value is -4.92. The molecule has 1 aliphatic carbocycles. The molecule has 3 aromatic heterocycles. The number of nitrogens with one attached hydrogen (secondary N) is 4. The van der Waals surface area contributed by atoms with Crippen molar-refractivity contribution >= 4 is 47.6 Å². The van der Waals surface area contributed by atoms with E-state index in [1.165, 1.54) is 30.2 Å². The van der Waals surface area contributed by atoms with Gasteiger partial charge < -0.3 is 34.8 Å². The molecule has 4 atom stereocenters. The molecule has 5 N–H and O–H groups in total. The van der Waals surface area contributed by atoms with Gasteiger partial charge in [0.15, 0.2) is 0 Å². The maximum absolute atomic E-state index is 13.6. The zero-order chi connectivity index (χ0) is 39.0. The highest BCUT2D eigenvalue weighted by Crippen LogP contribution is 2.42. The van der Waals surface area contributed by atoms with E-state index in [9.17, 15) is 14.7 Å². The van der Waals surface area contributed by atoms with Gasteiger partial charge in [-0.3, -0.25) is 9.59 Å². The summed E-state index contributed by atoms with van der Waals surface area (Å²) in [5.74, 6) is -1.25. The van der Waals surface area contributed by atoms with E-state index in [-0.39, 0.29) is 42.6 Å². The number of H-pyrrole nitrogens is 3. The first-order valence-corrected chi connectivity index (χ1v) is 19.6. The van der Waals surface area contributed by atoms with Crippen LogP contribution >= 0.6 is 0 Å². The summed E-state index contributed by atoms with van der Waals surface area (Å²) >= 11 is 0. The van der Waals surface area contributed by atoms with Crippen LogP contribution in [0.15, 0.2) is 23.9 Å². The monoisotopic (exact) mass is 734 g/mol. The molecule has 3 aliphatic rings. The van der Waals surface area contributed by atoms with Gasteiger partial charge in [-0.2, -0.15) is 0 Å². The zero-order valence-electron chi connectivity index (χ0n) is 33.5. The van der Waals surface area contributed by atoms with Crippen LogP contribution in [0.25, 0.3) is 35.6 Å². The molecule has 0 saturated carbocycles. The molecule has 1 unspecified atom stereocenters. The second-order valence-corrected chi connectivity index (χ2v) is 15.8. The zero-order valence-corrected chi connectivity index (χ0v) is 33.5. The summed E-state index contributed by atoms with van der Waals surface area (Å²) < 4.78 is 11.0. The largest absolute Gasteiger partial charge is 0.510 e. The molecule has 9 nitrogen and oxygen atoms in total. The SMILES string of the molecule is C=Cc1c2[nH]c(c1C)/C=C1\NC(C3=c4[nH]c(c(C)c4=C(O)[C@@H]3C(=O)OC)/C=c3\[nH]c(c(C)c3CC)=C2)[C@@H](CCC(=O)OC/C=C(/C)CCCC(C)C)[C@@H]1C. The van der Waals surface area contributed by atoms with E-state index >= 15 is 0 Å². The molecule has 1 fully saturated rings. The van der Waals surface area contributed by atoms with Crippen LogP contribution in [-0.4, -0.2) is 51.8 Å². The first-order chi connectivity index (χ1) is 25.8. The molecule has 3 aromatic rings. The molecular weight excluding hydrogens is 677 g/mol. The predicted molar refractivity (Wildman–Crippen MR) is 217 cm³/mol. The van der Waals surface area contributed by atoms with Crippen molar-refractivity contribution in [1.29, 1.82) is 0 Å². The number of aromatic amines is 3. The van der Waals surface area contributed by atoms with E-state index in [4.69, 9.17) is 9.47 Å². The highest BCUT2D eigenvalue weighted by molar-refractivity contribution is 5.95. The normalized spacial score (nSPS) is 22.0. The van der Waals surface area contributed by atoms with Crippen LogP contribution in [0.5, 0.6) is 0 Å². The number of aliphatic hydroxyl groups excluding tert-OH is 1. The molecule has 2 aliphatic heterocycles. The average Bonchev–Trinajstić information content (AvgIpc) is 3.87. The van der Waals surface area contributed by atoms with Crippen LogP contribution in [-0.2, 0) is 25.5 Å². The summed E-state index contributed by atoms with van der Waals surface area (Å²) in [6.07, 6.45) is 15.2. The van der Waals surface area contributed by atoms with E-state index in [0.29, 0.717) is 17.6 Å². The van der Waals surface area contributed by atoms with Crippen LogP contribution in [0.2, 0.25) is 0 Å². The van der Waals surface area contributed by atoms with Gasteiger partial charge in [0.1, 0.15) is 18.3 Å². The van der Waals surface area contributed by atoms with Crippen molar-refractivity contribution < 1.29 is 24.2 Å². The fourth-order valence-electron chi connectivity index (χ4n) is 8.80. The quantitative estimate of drug-likeness (QED) is 0.119. The summed E-state index contributed by atoms with van der Waals surface area (Å²) in [6, 6.07) is -0.390. The molecule has 9 heteroatoms. The number of aromatic nitrogens is 3. The van der Waals surface area contributed by atoms with Crippen molar-refractivity contribution in [2.45, 2.75) is 100.0 Å². The van der Waals surface area contributed by atoms with Gasteiger partial charge in [0.2, 0.25) is 0 Å². The number of hydrogen-bond donors (Lipinski definition) is 5. The average molecular weight is 735 g/mol. The summed E-state index contributed by atoms with van der Waals surface area (Å²) in [7, 11) is 1.35. The Labute approximate surface area is 318 Å². The minimum absolute atomic E-state index is 0.0187. The molecule has 0 amide bonds. The Bertz CT molecular complexity index is 2290. The Morgan fingerprint density at radius 2 is 1.70 bits per heavy atom. The van der Waals surface area contributed by atoms with Gasteiger partial charge in [0, 0.05) is 56.6 Å². The topological polar surface area (TPSA) is 132 Å². The van der Waals surface area contributed by atoms with Crippen LogP contribution in [0.3, 0.4) is 0 Å². The molecular formula is C45H58N4O5. The Balaban J connectivity index is 1.47. The highest BCUT2D eigenvalue weighted by Gasteiger charge is 2.47. The van der Waals surface area contributed by atoms with E-state index < -0.39 is 11.9 Å². The second kappa shape index (κ2) is 15.8. The van der Waals surface area contributed by atoms with Crippen LogP contribution in [0.1, 0.15) is 112 Å². The van der Waals surface area contributed by atoms with Crippen molar-refractivity contribution in [3.05, 3.63) is 90.1 Å². The lowest BCUT2D eigenvalue weighted by Gasteiger charge is -2.26. The van der Waals surface area contributed by atoms with Crippen molar-refractivity contribution in [1.82, 2.24) is 20.3 Å². The number of methoxy groups -OCH3 is 1. The van der Waals surface area contributed by atoms with Gasteiger partial charge >= 0.3 is 11.9 Å². The molecule has 1 saturated heterocycles. The van der Waals surface area contributed by atoms with Gasteiger partial charge in [0.05, 0.1) is 18.5 Å². The maximum atomic E-state index is 13.6. The fraction of sp³-hybridized carbons (Fsp3) is 0.467. The number of esters is 2. The summed E-state index contributed by atoms with van der Waals surface area (Å²) in [5, 5.41) is 19.0. The summed E-state index contributed by atoms with van der Waals surface area (Å²) in [5.41, 5.74) is 11.0. The van der Waals surface area contributed by atoms with Gasteiger partial charge in [-0.1, -0.05) is 52.3 Å². The standard InChI is InChI=1S/C45H58N4O5/c1-11-29-25(6)32-20-34-27(8)31(16-17-38(50)54-19-18-24(5)15-13-14-23(3)4)42(48-34)40-41(45(52)53-10)44(51)39-28(9)35(49-43(39)40)22-37-30(12-2)26(7)33(47-37)21-36(29)46-32/h11,18,20-23,27,31,41-42,46-49,51H,1,12-17,19H2,2-10H3/b24-18-,33-21?,34-20-,37-22-/t27-,31-,41+,42?/m0/s1. The number of carbonyl (C=O) groups is 2. The summed E-state index contributed by atoms with van der Waals surface area (Å²) in [4.78, 5) is 37.8. The Kier molecular flexibility index (Phi) is 11.4. The number of allylic oxidation sites excluding steroid dienone is 2. The Morgan fingerprint density at radius 3 is 2.39 bits per heavy atom. The van der Waals surface area contributed by atoms with E-state index in [0.717, 1.165) is 80.4 Å². The Morgan fingerprint density at radius 1 is 0.981 bits per heavy atom. The summed E-state index contributed by atoms with van der Waals surface area (Å²) in [6.45, 7) is 21.5. The van der Waals surface area contributed by atoms with Crippen LogP contribution < -0.4 is 26.6 Å². The molecule has 0 aromatic carbocycles. The first-order valence-electron chi connectivity index (χ1n) is 19.6. The fourth-order valence-corrected chi connectivity index (χ4v) is 8.80. The molecule has 54 heavy (non-hydrogen) atoms.